The number of rotatable bonds is 0. The van der Waals surface area contributed by atoms with Gasteiger partial charge in [0.25, 0.3) is 0 Å². The summed E-state index contributed by atoms with van der Waals surface area (Å²) in [6, 6.07) is 0. The van der Waals surface area contributed by atoms with E-state index in [1.807, 2.05) is 0 Å². The largest absolute Gasteiger partial charge is 2.00 e. The van der Waals surface area contributed by atoms with Gasteiger partial charge in [0.15, 0.2) is 0 Å². The minimum Gasteiger partial charge on any atom is -0.412 e. The van der Waals surface area contributed by atoms with E-state index in [4.69, 9.17) is 10.5 Å². The Morgan fingerprint density at radius 2 is 1.00 bits per heavy atom. The molecule has 0 bridgehead atoms. The summed E-state index contributed by atoms with van der Waals surface area (Å²) in [7, 11) is 0. The van der Waals surface area contributed by atoms with Crippen molar-refractivity contribution in [2.75, 3.05) is 0 Å². The summed E-state index contributed by atoms with van der Waals surface area (Å²) in [6.45, 7) is 0. The molecular formula is H4MgO3+2. The first kappa shape index (κ1) is 22.8. The van der Waals surface area contributed by atoms with Gasteiger partial charge in [-0.25, -0.2) is 0 Å². The Labute approximate surface area is 39.6 Å². The zero-order valence-electron chi connectivity index (χ0n) is 2.10. The minimum absolute atomic E-state index is 0. The first-order chi connectivity index (χ1) is 1.00. The third-order valence-corrected chi connectivity index (χ3v) is 0. The third-order valence-electron chi connectivity index (χ3n) is 0. The Balaban J connectivity index is -0.00000000500. The van der Waals surface area contributed by atoms with E-state index in [0.717, 1.165) is 0 Å². The molecule has 0 radical (unpaired) electrons. The molecule has 0 aromatic rings. The van der Waals surface area contributed by atoms with E-state index in [-0.39, 0.29) is 28.5 Å². The van der Waals surface area contributed by atoms with Gasteiger partial charge in [0.05, 0.1) is 0 Å². The van der Waals surface area contributed by atoms with Gasteiger partial charge >= 0.3 is 23.1 Å². The number of hydrogen-bond donors (Lipinski definition) is 2. The summed E-state index contributed by atoms with van der Waals surface area (Å²) < 4.78 is 0. The van der Waals surface area contributed by atoms with Gasteiger partial charge in [-0.1, -0.05) is 0 Å². The van der Waals surface area contributed by atoms with Crippen LogP contribution >= 0.6 is 0 Å². The normalized spacial score (nSPS) is 1.50. The van der Waals surface area contributed by atoms with Crippen molar-refractivity contribution >= 4 is 23.1 Å². The molecule has 0 saturated heterocycles. The van der Waals surface area contributed by atoms with Crippen LogP contribution in [0.3, 0.4) is 0 Å². The van der Waals surface area contributed by atoms with Gasteiger partial charge in [0, 0.05) is 0 Å². The Morgan fingerprint density at radius 3 is 1.00 bits per heavy atom. The fourth-order valence-corrected chi connectivity index (χ4v) is 0. The molecular weight excluding hydrogens is 72.3 g/mol. The molecule has 0 aliphatic heterocycles. The molecule has 0 aliphatic rings. The quantitative estimate of drug-likeness (QED) is 0.216. The van der Waals surface area contributed by atoms with E-state index in [1.165, 1.54) is 0 Å². The monoisotopic (exact) mass is 76.0 g/mol. The molecule has 22 valence electrons. The molecule has 0 heterocycles. The average molecular weight is 76.3 g/mol. The molecule has 0 saturated carbocycles. The van der Waals surface area contributed by atoms with Crippen molar-refractivity contribution in [2.45, 2.75) is 0 Å². The van der Waals surface area contributed by atoms with Gasteiger partial charge in [0.2, 0.25) is 0 Å². The number of hydrogen-bond acceptors (Lipinski definition) is 2. The second-order valence-corrected chi connectivity index (χ2v) is 0. The van der Waals surface area contributed by atoms with Crippen molar-refractivity contribution in [2.24, 2.45) is 0 Å². The molecule has 0 atom stereocenters. The molecule has 0 aliphatic carbocycles. The molecule has 0 rings (SSSR count). The topological polar surface area (TPSA) is 72.0 Å². The summed E-state index contributed by atoms with van der Waals surface area (Å²) in [5.74, 6) is 0. The molecule has 0 spiro atoms. The van der Waals surface area contributed by atoms with E-state index >= 15 is 0 Å². The van der Waals surface area contributed by atoms with Gasteiger partial charge in [-0.05, 0) is 0 Å². The SMILES string of the molecule is O.OO.[Mg+2]. The first-order valence-electron chi connectivity index (χ1n) is 0.200. The molecule has 0 unspecified atom stereocenters. The minimum atomic E-state index is 0. The van der Waals surface area contributed by atoms with Crippen LogP contribution in [0.1, 0.15) is 0 Å². The van der Waals surface area contributed by atoms with Crippen LogP contribution in [-0.2, 0) is 0 Å². The van der Waals surface area contributed by atoms with Crippen LogP contribution < -0.4 is 0 Å². The molecule has 3 nitrogen and oxygen atoms in total. The molecule has 4 heavy (non-hydrogen) atoms. The smallest absolute Gasteiger partial charge is 0.412 e. The maximum Gasteiger partial charge on any atom is 2.00 e. The molecule has 0 fully saturated rings. The fraction of sp³-hybridized carbons (Fsp3) is 0. The molecule has 4 heteroatoms. The van der Waals surface area contributed by atoms with Crippen LogP contribution in [-0.4, -0.2) is 39.0 Å². The predicted octanol–water partition coefficient (Wildman–Crippen LogP) is -1.19. The van der Waals surface area contributed by atoms with Gasteiger partial charge < -0.3 is 5.48 Å². The molecule has 0 amide bonds. The Morgan fingerprint density at radius 1 is 1.00 bits per heavy atom. The van der Waals surface area contributed by atoms with Crippen LogP contribution in [0, 0.1) is 0 Å². The Bertz CT molecular complexity index is 3.25. The third kappa shape index (κ3) is 17.2. The van der Waals surface area contributed by atoms with E-state index in [1.54, 1.807) is 0 Å². The van der Waals surface area contributed by atoms with Crippen molar-refractivity contribution < 1.29 is 16.0 Å². The summed E-state index contributed by atoms with van der Waals surface area (Å²) in [6.07, 6.45) is 0. The van der Waals surface area contributed by atoms with E-state index < -0.39 is 0 Å². The molecule has 0 aromatic heterocycles. The zero-order valence-corrected chi connectivity index (χ0v) is 3.52. The predicted molar refractivity (Wildman–Crippen MR) is 14.6 cm³/mol. The second kappa shape index (κ2) is 61.1. The first-order valence-corrected chi connectivity index (χ1v) is 0.200. The Hall–Kier alpha value is 0.646. The maximum absolute atomic E-state index is 6.00. The van der Waals surface area contributed by atoms with Gasteiger partial charge in [-0.2, -0.15) is 0 Å². The summed E-state index contributed by atoms with van der Waals surface area (Å²) >= 11 is 0. The molecule has 0 aromatic carbocycles. The van der Waals surface area contributed by atoms with Gasteiger partial charge in [0.1, 0.15) is 0 Å². The van der Waals surface area contributed by atoms with Crippen LogP contribution in [0.4, 0.5) is 0 Å². The average Bonchev–Trinajstić information content (AvgIpc) is 1.00. The van der Waals surface area contributed by atoms with Crippen molar-refractivity contribution in [1.82, 2.24) is 0 Å². The molecule has 4 N–H and O–H groups in total. The van der Waals surface area contributed by atoms with Crippen molar-refractivity contribution in [3.8, 4) is 0 Å². The van der Waals surface area contributed by atoms with Gasteiger partial charge in [-0.3, -0.25) is 10.5 Å². The zero-order chi connectivity index (χ0) is 2.00. The van der Waals surface area contributed by atoms with Crippen LogP contribution in [0.5, 0.6) is 0 Å². The summed E-state index contributed by atoms with van der Waals surface area (Å²) in [4.78, 5) is 0. The summed E-state index contributed by atoms with van der Waals surface area (Å²) in [5, 5.41) is 12.0. The van der Waals surface area contributed by atoms with E-state index in [9.17, 15) is 0 Å². The maximum atomic E-state index is 6.00. The van der Waals surface area contributed by atoms with Crippen LogP contribution in [0.2, 0.25) is 0 Å². The van der Waals surface area contributed by atoms with Crippen LogP contribution in [0.25, 0.3) is 0 Å². The van der Waals surface area contributed by atoms with Crippen molar-refractivity contribution in [3.05, 3.63) is 0 Å². The van der Waals surface area contributed by atoms with Crippen LogP contribution in [0.15, 0.2) is 0 Å². The Kier molecular flexibility index (Phi) is 348. The standard InChI is InChI=1S/Mg.H2O2.H2O/c;1-2;/h;1-2H;1H2/q+2;;. The van der Waals surface area contributed by atoms with Crippen molar-refractivity contribution in [1.29, 1.82) is 0 Å². The van der Waals surface area contributed by atoms with Gasteiger partial charge in [-0.15, -0.1) is 0 Å². The fourth-order valence-electron chi connectivity index (χ4n) is 0. The second-order valence-electron chi connectivity index (χ2n) is 0. The van der Waals surface area contributed by atoms with E-state index in [2.05, 4.69) is 0 Å². The summed E-state index contributed by atoms with van der Waals surface area (Å²) in [5.41, 5.74) is 0. The van der Waals surface area contributed by atoms with Crippen molar-refractivity contribution in [3.63, 3.8) is 0 Å². The van der Waals surface area contributed by atoms with E-state index in [0.29, 0.717) is 0 Å².